The van der Waals surface area contributed by atoms with Crippen LogP contribution < -0.4 is 5.73 Å². The first-order valence-electron chi connectivity index (χ1n) is 11.2. The summed E-state index contributed by atoms with van der Waals surface area (Å²) in [6.45, 7) is 0. The normalized spacial score (nSPS) is 27.6. The lowest BCUT2D eigenvalue weighted by Gasteiger charge is -2.50. The monoisotopic (exact) mass is 492 g/mol. The lowest BCUT2D eigenvalue weighted by atomic mass is 9.58. The van der Waals surface area contributed by atoms with E-state index in [1.807, 2.05) is 0 Å². The number of nitrogens with zero attached hydrogens (tertiary/aromatic N) is 3. The average molecular weight is 492 g/mol. The maximum Gasteiger partial charge on any atom is 0.255 e. The molecule has 0 bridgehead atoms. The Morgan fingerprint density at radius 2 is 1.81 bits per heavy atom. The number of ketones is 2. The minimum Gasteiger partial charge on any atom is -0.510 e. The second-order valence-electron chi connectivity index (χ2n) is 9.58. The molecule has 2 aromatic rings. The third-order valence-electron chi connectivity index (χ3n) is 7.48. The fourth-order valence-electron chi connectivity index (χ4n) is 5.96. The van der Waals surface area contributed by atoms with E-state index in [4.69, 9.17) is 5.73 Å². The molecular formula is C25H24N4O7. The Hall–Kier alpha value is -4.09. The number of phenolic OH excluding ortho intramolecular Hbond substituents is 1. The highest BCUT2D eigenvalue weighted by Crippen LogP contribution is 2.53. The van der Waals surface area contributed by atoms with Crippen LogP contribution >= 0.6 is 0 Å². The molecule has 36 heavy (non-hydrogen) atoms. The summed E-state index contributed by atoms with van der Waals surface area (Å²) < 4.78 is 0. The number of hydrogen-bond acceptors (Lipinski definition) is 10. The summed E-state index contributed by atoms with van der Waals surface area (Å²) in [6, 6.07) is 1.95. The Morgan fingerprint density at radius 1 is 1.14 bits per heavy atom. The Bertz CT molecular complexity index is 1400. The molecule has 4 atom stereocenters. The standard InChI is InChI=1S/C25H24N4O7/c1-29(2)19-14-6-10-5-13-12(11-7-27-9-28-8-11)3-4-15(30)17(13)20(31)16(10)22(33)25(14,36)23(34)18(21(19)32)24(26)35/h3-4,7-10,14,19,30,32-33,36H,5-6H2,1-2H3,(H2,26,35)/t10-,14-,19-,25-/m0/s1. The minimum absolute atomic E-state index is 0.0200. The van der Waals surface area contributed by atoms with E-state index < -0.39 is 58.0 Å². The number of aromatic nitrogens is 2. The highest BCUT2D eigenvalue weighted by Gasteiger charge is 2.63. The van der Waals surface area contributed by atoms with Gasteiger partial charge in [0.1, 0.15) is 29.2 Å². The van der Waals surface area contributed by atoms with Gasteiger partial charge in [-0.15, -0.1) is 0 Å². The van der Waals surface area contributed by atoms with E-state index in [9.17, 15) is 34.8 Å². The fourth-order valence-corrected chi connectivity index (χ4v) is 5.96. The summed E-state index contributed by atoms with van der Waals surface area (Å²) in [5.41, 5.74) is 3.34. The van der Waals surface area contributed by atoms with Gasteiger partial charge in [-0.2, -0.15) is 0 Å². The summed E-state index contributed by atoms with van der Waals surface area (Å²) in [6.07, 6.45) is 4.72. The molecule has 0 aliphatic heterocycles. The number of carbonyl (C=O) groups is 3. The number of benzene rings is 1. The van der Waals surface area contributed by atoms with E-state index in [1.165, 1.54) is 17.3 Å². The molecule has 1 aromatic heterocycles. The average Bonchev–Trinajstić information content (AvgIpc) is 2.81. The van der Waals surface area contributed by atoms with Gasteiger partial charge < -0.3 is 26.2 Å². The number of aromatic hydroxyl groups is 1. The Balaban J connectivity index is 1.73. The van der Waals surface area contributed by atoms with Crippen molar-refractivity contribution in [3.63, 3.8) is 0 Å². The van der Waals surface area contributed by atoms with Crippen LogP contribution in [-0.2, 0) is 16.0 Å². The summed E-state index contributed by atoms with van der Waals surface area (Å²) >= 11 is 0. The van der Waals surface area contributed by atoms with Crippen LogP contribution in [0.3, 0.4) is 0 Å². The van der Waals surface area contributed by atoms with Crippen molar-refractivity contribution in [3.05, 3.63) is 64.6 Å². The van der Waals surface area contributed by atoms with Gasteiger partial charge in [0.15, 0.2) is 11.4 Å². The maximum absolute atomic E-state index is 13.7. The zero-order chi connectivity index (χ0) is 26.1. The number of nitrogens with two attached hydrogens (primary N) is 1. The number of likely N-dealkylation sites (N-methyl/N-ethyl adjacent to an activating group) is 1. The van der Waals surface area contributed by atoms with E-state index in [0.717, 1.165) is 0 Å². The van der Waals surface area contributed by atoms with Crippen molar-refractivity contribution in [2.75, 3.05) is 14.1 Å². The SMILES string of the molecule is CN(C)[C@@H]1C(O)=C(C(N)=O)C(=O)[C@@]2(O)C(O)=C3C(=O)c4c(O)ccc(-c5cncnc5)c4C[C@H]3C[C@@H]12. The smallest absolute Gasteiger partial charge is 0.255 e. The number of rotatable bonds is 3. The fraction of sp³-hybridized carbons (Fsp3) is 0.320. The van der Waals surface area contributed by atoms with E-state index in [-0.39, 0.29) is 29.7 Å². The van der Waals surface area contributed by atoms with Gasteiger partial charge in [0, 0.05) is 29.4 Å². The van der Waals surface area contributed by atoms with Crippen LogP contribution in [0.25, 0.3) is 11.1 Å². The molecule has 6 N–H and O–H groups in total. The molecule has 1 heterocycles. The summed E-state index contributed by atoms with van der Waals surface area (Å²) in [5, 5.41) is 44.3. The summed E-state index contributed by atoms with van der Waals surface area (Å²) in [5.74, 6) is -6.82. The highest BCUT2D eigenvalue weighted by molar-refractivity contribution is 6.24. The Kier molecular flexibility index (Phi) is 5.23. The number of carbonyl (C=O) groups excluding carboxylic acids is 3. The number of phenols is 1. The van der Waals surface area contributed by atoms with Crippen molar-refractivity contribution in [2.45, 2.75) is 24.5 Å². The molecule has 3 aliphatic rings. The number of allylic oxidation sites excluding steroid dienone is 1. The maximum atomic E-state index is 13.7. The zero-order valence-electron chi connectivity index (χ0n) is 19.5. The quantitative estimate of drug-likeness (QED) is 0.379. The van der Waals surface area contributed by atoms with Gasteiger partial charge in [-0.25, -0.2) is 9.97 Å². The van der Waals surface area contributed by atoms with Gasteiger partial charge in [0.05, 0.1) is 11.6 Å². The van der Waals surface area contributed by atoms with Crippen LogP contribution in [0.1, 0.15) is 22.3 Å². The molecule has 0 radical (unpaired) electrons. The molecule has 11 nitrogen and oxygen atoms in total. The number of Topliss-reactive ketones (excluding diaryl/α,β-unsaturated/α-hetero) is 2. The molecule has 1 aromatic carbocycles. The third-order valence-corrected chi connectivity index (χ3v) is 7.48. The van der Waals surface area contributed by atoms with Crippen LogP contribution in [0.2, 0.25) is 0 Å². The first-order valence-corrected chi connectivity index (χ1v) is 11.2. The minimum atomic E-state index is -2.66. The van der Waals surface area contributed by atoms with E-state index >= 15 is 0 Å². The number of hydrogen-bond donors (Lipinski definition) is 5. The van der Waals surface area contributed by atoms with E-state index in [2.05, 4.69) is 9.97 Å². The van der Waals surface area contributed by atoms with Crippen LogP contribution in [0.4, 0.5) is 0 Å². The van der Waals surface area contributed by atoms with Crippen molar-refractivity contribution in [2.24, 2.45) is 17.6 Å². The topological polar surface area (TPSA) is 187 Å². The molecule has 5 rings (SSSR count). The summed E-state index contributed by atoms with van der Waals surface area (Å²) in [4.78, 5) is 48.6. The first-order chi connectivity index (χ1) is 17.0. The van der Waals surface area contributed by atoms with Gasteiger partial charge in [-0.05, 0) is 50.0 Å². The number of aliphatic hydroxyl groups is 3. The lowest BCUT2D eigenvalue weighted by Crippen LogP contribution is -2.63. The van der Waals surface area contributed by atoms with Gasteiger partial charge in [0.2, 0.25) is 5.78 Å². The van der Waals surface area contributed by atoms with Crippen molar-refractivity contribution >= 4 is 17.5 Å². The molecule has 11 heteroatoms. The van der Waals surface area contributed by atoms with Crippen molar-refractivity contribution in [3.8, 4) is 16.9 Å². The molecule has 186 valence electrons. The largest absolute Gasteiger partial charge is 0.510 e. The van der Waals surface area contributed by atoms with Crippen molar-refractivity contribution in [1.82, 2.24) is 14.9 Å². The molecule has 0 fully saturated rings. The van der Waals surface area contributed by atoms with Crippen LogP contribution in [-0.4, -0.2) is 78.5 Å². The Labute approximate surface area is 205 Å². The van der Waals surface area contributed by atoms with Gasteiger partial charge in [-0.3, -0.25) is 19.3 Å². The molecule has 0 saturated heterocycles. The second-order valence-corrected chi connectivity index (χ2v) is 9.58. The number of primary amides is 1. The van der Waals surface area contributed by atoms with Crippen LogP contribution in [0.5, 0.6) is 5.75 Å². The molecule has 1 amide bonds. The first kappa shape index (κ1) is 23.6. The van der Waals surface area contributed by atoms with Crippen LogP contribution in [0.15, 0.2) is 53.5 Å². The molecule has 0 saturated carbocycles. The second kappa shape index (κ2) is 7.97. The predicted molar refractivity (Wildman–Crippen MR) is 125 cm³/mol. The van der Waals surface area contributed by atoms with Gasteiger partial charge in [0.25, 0.3) is 5.91 Å². The van der Waals surface area contributed by atoms with Crippen molar-refractivity contribution < 1.29 is 34.8 Å². The third kappa shape index (κ3) is 3.02. The predicted octanol–water partition coefficient (Wildman–Crippen LogP) is 0.578. The van der Waals surface area contributed by atoms with Gasteiger partial charge >= 0.3 is 0 Å². The molecule has 3 aliphatic carbocycles. The highest BCUT2D eigenvalue weighted by atomic mass is 16.3. The van der Waals surface area contributed by atoms with E-state index in [0.29, 0.717) is 16.7 Å². The van der Waals surface area contributed by atoms with Crippen molar-refractivity contribution in [1.29, 1.82) is 0 Å². The van der Waals surface area contributed by atoms with Crippen LogP contribution in [0, 0.1) is 11.8 Å². The molecule has 0 unspecified atom stereocenters. The summed E-state index contributed by atoms with van der Waals surface area (Å²) in [7, 11) is 3.16. The number of amides is 1. The molecule has 0 spiro atoms. The van der Waals surface area contributed by atoms with Gasteiger partial charge in [-0.1, -0.05) is 6.07 Å². The number of fused-ring (bicyclic) bond motifs is 3. The Morgan fingerprint density at radius 3 is 2.42 bits per heavy atom. The lowest BCUT2D eigenvalue weighted by molar-refractivity contribution is -0.148. The zero-order valence-corrected chi connectivity index (χ0v) is 19.5. The molecular weight excluding hydrogens is 468 g/mol. The van der Waals surface area contributed by atoms with E-state index in [1.54, 1.807) is 32.6 Å². The number of aliphatic hydroxyl groups excluding tert-OH is 2.